The number of anilines is 1. The van der Waals surface area contributed by atoms with Crippen LogP contribution in [0.15, 0.2) is 24.3 Å². The van der Waals surface area contributed by atoms with Crippen LogP contribution in [-0.4, -0.2) is 32.3 Å². The third kappa shape index (κ3) is 5.61. The monoisotopic (exact) mass is 265 g/mol. The van der Waals surface area contributed by atoms with Crippen molar-refractivity contribution in [3.63, 3.8) is 0 Å². The predicted molar refractivity (Wildman–Crippen MR) is 77.2 cm³/mol. The summed E-state index contributed by atoms with van der Waals surface area (Å²) in [6.07, 6.45) is -0.731. The molecule has 0 aliphatic rings. The van der Waals surface area contributed by atoms with Crippen molar-refractivity contribution in [2.24, 2.45) is 5.73 Å². The van der Waals surface area contributed by atoms with Crippen LogP contribution in [-0.2, 0) is 11.3 Å². The largest absolute Gasteiger partial charge is 0.448 e. The van der Waals surface area contributed by atoms with Gasteiger partial charge in [0.2, 0.25) is 0 Å². The molecule has 0 saturated carbocycles. The van der Waals surface area contributed by atoms with Crippen molar-refractivity contribution < 1.29 is 9.53 Å². The second-order valence-corrected chi connectivity index (χ2v) is 4.18. The van der Waals surface area contributed by atoms with E-state index in [0.29, 0.717) is 13.2 Å². The Balaban J connectivity index is 2.34. The molecule has 5 nitrogen and oxygen atoms in total. The van der Waals surface area contributed by atoms with Crippen LogP contribution in [0, 0.1) is 0 Å². The minimum atomic E-state index is -0.731. The molecule has 106 valence electrons. The van der Waals surface area contributed by atoms with Crippen LogP contribution in [0.3, 0.4) is 0 Å². The Kier molecular flexibility index (Phi) is 6.74. The van der Waals surface area contributed by atoms with Gasteiger partial charge in [-0.15, -0.1) is 0 Å². The smallest absolute Gasteiger partial charge is 0.404 e. The number of hydrogen-bond donors (Lipinski definition) is 2. The molecular formula is C14H23N3O2. The molecule has 0 atom stereocenters. The SMILES string of the molecule is CCN(CC)c1ccc(CNCCOC(N)=O)cc1. The Bertz CT molecular complexity index is 375. The molecule has 0 aromatic heterocycles. The molecule has 0 unspecified atom stereocenters. The maximum atomic E-state index is 10.4. The van der Waals surface area contributed by atoms with Gasteiger partial charge >= 0.3 is 6.09 Å². The Morgan fingerprint density at radius 3 is 2.42 bits per heavy atom. The molecule has 19 heavy (non-hydrogen) atoms. The highest BCUT2D eigenvalue weighted by Crippen LogP contribution is 2.14. The molecule has 1 aromatic rings. The summed E-state index contributed by atoms with van der Waals surface area (Å²) in [5.74, 6) is 0. The lowest BCUT2D eigenvalue weighted by Crippen LogP contribution is -2.23. The minimum Gasteiger partial charge on any atom is -0.448 e. The summed E-state index contributed by atoms with van der Waals surface area (Å²) in [4.78, 5) is 12.7. The summed E-state index contributed by atoms with van der Waals surface area (Å²) in [5.41, 5.74) is 7.31. The van der Waals surface area contributed by atoms with Gasteiger partial charge in [0.05, 0.1) is 0 Å². The first-order valence-electron chi connectivity index (χ1n) is 6.64. The second-order valence-electron chi connectivity index (χ2n) is 4.18. The Labute approximate surface area is 114 Å². The van der Waals surface area contributed by atoms with Crippen LogP contribution in [0.1, 0.15) is 19.4 Å². The van der Waals surface area contributed by atoms with Gasteiger partial charge in [-0.2, -0.15) is 0 Å². The number of ether oxygens (including phenoxy) is 1. The van der Waals surface area contributed by atoms with Crippen LogP contribution < -0.4 is 16.0 Å². The third-order valence-corrected chi connectivity index (χ3v) is 2.92. The molecule has 0 heterocycles. The molecule has 1 aromatic carbocycles. The topological polar surface area (TPSA) is 67.6 Å². The summed E-state index contributed by atoms with van der Waals surface area (Å²) >= 11 is 0. The van der Waals surface area contributed by atoms with Crippen molar-refractivity contribution in [3.8, 4) is 0 Å². The second kappa shape index (κ2) is 8.37. The standard InChI is InChI=1S/C14H23N3O2/c1-3-17(4-2)13-7-5-12(6-8-13)11-16-9-10-19-14(15)18/h5-8,16H,3-4,9-11H2,1-2H3,(H2,15,18). The number of carbonyl (C=O) groups is 1. The minimum absolute atomic E-state index is 0.298. The summed E-state index contributed by atoms with van der Waals surface area (Å²) in [6.45, 7) is 7.97. The van der Waals surface area contributed by atoms with Crippen molar-refractivity contribution in [3.05, 3.63) is 29.8 Å². The lowest BCUT2D eigenvalue weighted by atomic mass is 10.2. The first-order valence-corrected chi connectivity index (χ1v) is 6.64. The van der Waals surface area contributed by atoms with Gasteiger partial charge in [0.25, 0.3) is 0 Å². The van der Waals surface area contributed by atoms with E-state index in [1.807, 2.05) is 0 Å². The maximum absolute atomic E-state index is 10.4. The zero-order valence-electron chi connectivity index (χ0n) is 11.7. The first kappa shape index (κ1) is 15.3. The van der Waals surface area contributed by atoms with E-state index in [4.69, 9.17) is 5.73 Å². The van der Waals surface area contributed by atoms with Crippen LogP contribution in [0.4, 0.5) is 10.5 Å². The van der Waals surface area contributed by atoms with Crippen molar-refractivity contribution in [1.29, 1.82) is 0 Å². The van der Waals surface area contributed by atoms with E-state index in [2.05, 4.69) is 53.1 Å². The molecule has 0 spiro atoms. The number of benzene rings is 1. The van der Waals surface area contributed by atoms with Crippen molar-refractivity contribution in [2.45, 2.75) is 20.4 Å². The summed E-state index contributed by atoms with van der Waals surface area (Å²) in [5, 5.41) is 3.19. The highest BCUT2D eigenvalue weighted by atomic mass is 16.5. The molecule has 0 aliphatic carbocycles. The van der Waals surface area contributed by atoms with Crippen LogP contribution in [0.5, 0.6) is 0 Å². The van der Waals surface area contributed by atoms with Gasteiger partial charge in [-0.05, 0) is 31.5 Å². The number of nitrogens with one attached hydrogen (secondary N) is 1. The van der Waals surface area contributed by atoms with Crippen molar-refractivity contribution >= 4 is 11.8 Å². The van der Waals surface area contributed by atoms with Gasteiger partial charge in [0.1, 0.15) is 6.61 Å². The molecule has 3 N–H and O–H groups in total. The zero-order valence-corrected chi connectivity index (χ0v) is 11.7. The number of nitrogens with zero attached hydrogens (tertiary/aromatic N) is 1. The lowest BCUT2D eigenvalue weighted by Gasteiger charge is -2.21. The predicted octanol–water partition coefficient (Wildman–Crippen LogP) is 1.72. The van der Waals surface area contributed by atoms with Gasteiger partial charge in [-0.25, -0.2) is 4.79 Å². The maximum Gasteiger partial charge on any atom is 0.404 e. The van der Waals surface area contributed by atoms with Gasteiger partial charge in [-0.3, -0.25) is 0 Å². The quantitative estimate of drug-likeness (QED) is 0.702. The number of rotatable bonds is 8. The average molecular weight is 265 g/mol. The normalized spacial score (nSPS) is 10.2. The molecule has 5 heteroatoms. The van der Waals surface area contributed by atoms with E-state index in [9.17, 15) is 4.79 Å². The van der Waals surface area contributed by atoms with Gasteiger partial charge in [0.15, 0.2) is 0 Å². The van der Waals surface area contributed by atoms with Crippen LogP contribution >= 0.6 is 0 Å². The fourth-order valence-electron chi connectivity index (χ4n) is 1.87. The van der Waals surface area contributed by atoms with E-state index < -0.39 is 6.09 Å². The molecule has 0 bridgehead atoms. The number of primary amides is 1. The third-order valence-electron chi connectivity index (χ3n) is 2.92. The van der Waals surface area contributed by atoms with Crippen LogP contribution in [0.2, 0.25) is 0 Å². The van der Waals surface area contributed by atoms with E-state index >= 15 is 0 Å². The summed E-state index contributed by atoms with van der Waals surface area (Å²) in [6, 6.07) is 8.47. The van der Waals surface area contributed by atoms with E-state index in [1.54, 1.807) is 0 Å². The van der Waals surface area contributed by atoms with Gasteiger partial charge in [-0.1, -0.05) is 12.1 Å². The van der Waals surface area contributed by atoms with Crippen LogP contribution in [0.25, 0.3) is 0 Å². The Morgan fingerprint density at radius 2 is 1.89 bits per heavy atom. The molecule has 0 fully saturated rings. The molecule has 1 rings (SSSR count). The van der Waals surface area contributed by atoms with Gasteiger partial charge in [0, 0.05) is 31.9 Å². The molecule has 0 radical (unpaired) electrons. The average Bonchev–Trinajstić information content (AvgIpc) is 2.41. The molecule has 0 aliphatic heterocycles. The Morgan fingerprint density at radius 1 is 1.26 bits per heavy atom. The number of nitrogens with two attached hydrogens (primary N) is 1. The van der Waals surface area contributed by atoms with Crippen molar-refractivity contribution in [1.82, 2.24) is 5.32 Å². The number of carbonyl (C=O) groups excluding carboxylic acids is 1. The van der Waals surface area contributed by atoms with Crippen molar-refractivity contribution in [2.75, 3.05) is 31.1 Å². The number of amides is 1. The molecule has 1 amide bonds. The highest BCUT2D eigenvalue weighted by molar-refractivity contribution is 5.64. The molecular weight excluding hydrogens is 242 g/mol. The summed E-state index contributed by atoms with van der Waals surface area (Å²) in [7, 11) is 0. The highest BCUT2D eigenvalue weighted by Gasteiger charge is 2.01. The van der Waals surface area contributed by atoms with E-state index in [1.165, 1.54) is 11.3 Å². The van der Waals surface area contributed by atoms with Gasteiger partial charge < -0.3 is 20.7 Å². The van der Waals surface area contributed by atoms with E-state index in [-0.39, 0.29) is 0 Å². The fraction of sp³-hybridized carbons (Fsp3) is 0.500. The Hall–Kier alpha value is -1.75. The summed E-state index contributed by atoms with van der Waals surface area (Å²) < 4.78 is 4.63. The lowest BCUT2D eigenvalue weighted by molar-refractivity contribution is 0.157. The van der Waals surface area contributed by atoms with E-state index in [0.717, 1.165) is 19.6 Å². The zero-order chi connectivity index (χ0) is 14.1. The fourth-order valence-corrected chi connectivity index (χ4v) is 1.87. The number of hydrogen-bond acceptors (Lipinski definition) is 4. The first-order chi connectivity index (χ1) is 9.17. The molecule has 0 saturated heterocycles.